The molecule has 0 aliphatic heterocycles. The van der Waals surface area contributed by atoms with E-state index in [0.717, 1.165) is 0 Å². The maximum Gasteiger partial charge on any atom is 0.407 e. The first-order chi connectivity index (χ1) is 11.2. The fourth-order valence-electron chi connectivity index (χ4n) is 1.61. The van der Waals surface area contributed by atoms with E-state index in [2.05, 4.69) is 21.4 Å². The van der Waals surface area contributed by atoms with E-state index in [1.807, 2.05) is 0 Å². The van der Waals surface area contributed by atoms with Crippen molar-refractivity contribution in [1.82, 2.24) is 15.5 Å². The Morgan fingerprint density at radius 1 is 1.43 bits per heavy atom. The minimum absolute atomic E-state index is 0.0237. The molecule has 0 atom stereocenters. The lowest BCUT2D eigenvalue weighted by Gasteiger charge is -2.04. The number of amides is 1. The van der Waals surface area contributed by atoms with E-state index in [-0.39, 0.29) is 38.0 Å². The molecule has 8 heteroatoms. The highest BCUT2D eigenvalue weighted by atomic mass is 16.6. The number of ether oxygens (including phenoxy) is 2. The third-order valence-electron chi connectivity index (χ3n) is 2.60. The van der Waals surface area contributed by atoms with Crippen LogP contribution in [0.5, 0.6) is 5.75 Å². The molecule has 2 N–H and O–H groups in total. The molecule has 0 aliphatic carbocycles. The molecule has 0 unspecified atom stereocenters. The molecule has 0 saturated carbocycles. The molecular weight excluding hydrogens is 302 g/mol. The lowest BCUT2D eigenvalue weighted by molar-refractivity contribution is 0.0865. The highest BCUT2D eigenvalue weighted by Crippen LogP contribution is 2.20. The van der Waals surface area contributed by atoms with Gasteiger partial charge in [0.1, 0.15) is 25.5 Å². The molecule has 1 heterocycles. The average molecular weight is 317 g/mol. The maximum absolute atomic E-state index is 11.4. The van der Waals surface area contributed by atoms with Gasteiger partial charge in [0.2, 0.25) is 11.7 Å². The van der Waals surface area contributed by atoms with Gasteiger partial charge in [0.25, 0.3) is 0 Å². The standard InChI is InChI=1S/C15H15N3O5/c1-2-6-21-7-8-22-15(20)16-10-13-17-14(18-23-13)11-4-3-5-12(19)9-11/h1,3-5,9,19H,6-8,10H2,(H,16,20). The zero-order chi connectivity index (χ0) is 16.5. The maximum atomic E-state index is 11.4. The molecule has 1 aromatic heterocycles. The van der Waals surface area contributed by atoms with Crippen molar-refractivity contribution in [2.45, 2.75) is 6.54 Å². The molecule has 0 spiro atoms. The van der Waals surface area contributed by atoms with Crippen LogP contribution in [0, 0.1) is 12.3 Å². The summed E-state index contributed by atoms with van der Waals surface area (Å²) in [5.74, 6) is 2.93. The molecule has 0 fully saturated rings. The Bertz CT molecular complexity index is 692. The van der Waals surface area contributed by atoms with Crippen molar-refractivity contribution >= 4 is 6.09 Å². The van der Waals surface area contributed by atoms with Crippen LogP contribution < -0.4 is 5.32 Å². The third-order valence-corrected chi connectivity index (χ3v) is 2.60. The number of hydrogen-bond acceptors (Lipinski definition) is 7. The number of alkyl carbamates (subject to hydrolysis) is 1. The summed E-state index contributed by atoms with van der Waals surface area (Å²) in [6, 6.07) is 6.44. The fraction of sp³-hybridized carbons (Fsp3) is 0.267. The van der Waals surface area contributed by atoms with E-state index in [4.69, 9.17) is 20.4 Å². The fourth-order valence-corrected chi connectivity index (χ4v) is 1.61. The molecule has 23 heavy (non-hydrogen) atoms. The lowest BCUT2D eigenvalue weighted by atomic mass is 10.2. The number of hydrogen-bond donors (Lipinski definition) is 2. The average Bonchev–Trinajstić information content (AvgIpc) is 3.02. The molecule has 1 amide bonds. The lowest BCUT2D eigenvalue weighted by Crippen LogP contribution is -2.25. The molecular formula is C15H15N3O5. The molecule has 0 bridgehead atoms. The second kappa shape index (κ2) is 8.41. The van der Waals surface area contributed by atoms with Crippen molar-refractivity contribution in [3.05, 3.63) is 30.2 Å². The van der Waals surface area contributed by atoms with Gasteiger partial charge in [0.15, 0.2) is 0 Å². The summed E-state index contributed by atoms with van der Waals surface area (Å²) in [4.78, 5) is 15.5. The van der Waals surface area contributed by atoms with Gasteiger partial charge < -0.3 is 24.4 Å². The normalized spacial score (nSPS) is 10.0. The molecule has 120 valence electrons. The molecule has 2 aromatic rings. The van der Waals surface area contributed by atoms with Crippen molar-refractivity contribution in [2.24, 2.45) is 0 Å². The van der Waals surface area contributed by atoms with Crippen molar-refractivity contribution < 1.29 is 23.9 Å². The van der Waals surface area contributed by atoms with E-state index < -0.39 is 6.09 Å². The molecule has 1 aromatic carbocycles. The smallest absolute Gasteiger partial charge is 0.407 e. The third kappa shape index (κ3) is 5.33. The van der Waals surface area contributed by atoms with Crippen molar-refractivity contribution in [3.8, 4) is 29.5 Å². The molecule has 8 nitrogen and oxygen atoms in total. The van der Waals surface area contributed by atoms with E-state index in [9.17, 15) is 9.90 Å². The number of phenols is 1. The SMILES string of the molecule is C#CCOCCOC(=O)NCc1nc(-c2cccc(O)c2)no1. The molecule has 0 saturated heterocycles. The summed E-state index contributed by atoms with van der Waals surface area (Å²) in [6.45, 7) is 0.506. The minimum atomic E-state index is -0.633. The summed E-state index contributed by atoms with van der Waals surface area (Å²) in [5, 5.41) is 15.6. The number of carbonyl (C=O) groups is 1. The van der Waals surface area contributed by atoms with Crippen LogP contribution in [0.3, 0.4) is 0 Å². The number of nitrogens with one attached hydrogen (secondary N) is 1. The van der Waals surface area contributed by atoms with Crippen molar-refractivity contribution in [2.75, 3.05) is 19.8 Å². The van der Waals surface area contributed by atoms with Gasteiger partial charge in [-0.1, -0.05) is 23.2 Å². The van der Waals surface area contributed by atoms with Gasteiger partial charge in [-0.05, 0) is 12.1 Å². The van der Waals surface area contributed by atoms with Gasteiger partial charge in [-0.2, -0.15) is 4.98 Å². The van der Waals surface area contributed by atoms with Crippen LogP contribution in [-0.4, -0.2) is 41.2 Å². The Morgan fingerprint density at radius 2 is 2.30 bits per heavy atom. The van der Waals surface area contributed by atoms with Crippen molar-refractivity contribution in [3.63, 3.8) is 0 Å². The van der Waals surface area contributed by atoms with Crippen LogP contribution in [0.1, 0.15) is 5.89 Å². The highest BCUT2D eigenvalue weighted by Gasteiger charge is 2.10. The first kappa shape index (κ1) is 16.3. The number of nitrogens with zero attached hydrogens (tertiary/aromatic N) is 2. The van der Waals surface area contributed by atoms with Gasteiger partial charge in [0, 0.05) is 5.56 Å². The van der Waals surface area contributed by atoms with E-state index >= 15 is 0 Å². The number of aromatic hydroxyl groups is 1. The Morgan fingerprint density at radius 3 is 3.09 bits per heavy atom. The summed E-state index contributed by atoms with van der Waals surface area (Å²) >= 11 is 0. The number of carbonyl (C=O) groups excluding carboxylic acids is 1. The van der Waals surface area contributed by atoms with Gasteiger partial charge in [-0.3, -0.25) is 0 Å². The second-order valence-corrected chi connectivity index (χ2v) is 4.31. The van der Waals surface area contributed by atoms with Gasteiger partial charge in [-0.25, -0.2) is 4.79 Å². The summed E-state index contributed by atoms with van der Waals surface area (Å²) in [7, 11) is 0. The quantitative estimate of drug-likeness (QED) is 0.586. The van der Waals surface area contributed by atoms with E-state index in [1.165, 1.54) is 12.1 Å². The van der Waals surface area contributed by atoms with Crippen LogP contribution in [0.2, 0.25) is 0 Å². The predicted molar refractivity (Wildman–Crippen MR) is 79.2 cm³/mol. The first-order valence-electron chi connectivity index (χ1n) is 6.73. The highest BCUT2D eigenvalue weighted by molar-refractivity contribution is 5.67. The van der Waals surface area contributed by atoms with E-state index in [0.29, 0.717) is 11.4 Å². The van der Waals surface area contributed by atoms with E-state index in [1.54, 1.807) is 12.1 Å². The summed E-state index contributed by atoms with van der Waals surface area (Å²) < 4.78 is 14.8. The number of aromatic nitrogens is 2. The Kier molecular flexibility index (Phi) is 5.97. The van der Waals surface area contributed by atoms with Crippen LogP contribution >= 0.6 is 0 Å². The Hall–Kier alpha value is -3.05. The zero-order valence-corrected chi connectivity index (χ0v) is 12.2. The monoisotopic (exact) mass is 317 g/mol. The van der Waals surface area contributed by atoms with Crippen molar-refractivity contribution in [1.29, 1.82) is 0 Å². The first-order valence-corrected chi connectivity index (χ1v) is 6.73. The van der Waals surface area contributed by atoms with Crippen LogP contribution in [0.15, 0.2) is 28.8 Å². The summed E-state index contributed by atoms with van der Waals surface area (Å²) in [5.41, 5.74) is 0.605. The Balaban J connectivity index is 1.76. The molecule has 2 rings (SSSR count). The molecule has 0 aliphatic rings. The summed E-state index contributed by atoms with van der Waals surface area (Å²) in [6.07, 6.45) is 4.37. The van der Waals surface area contributed by atoms with Gasteiger partial charge in [0.05, 0.1) is 6.61 Å². The topological polar surface area (TPSA) is 107 Å². The number of benzene rings is 1. The van der Waals surface area contributed by atoms with Crippen LogP contribution in [0.4, 0.5) is 4.79 Å². The van der Waals surface area contributed by atoms with Gasteiger partial charge in [-0.15, -0.1) is 6.42 Å². The van der Waals surface area contributed by atoms with Crippen LogP contribution in [0.25, 0.3) is 11.4 Å². The minimum Gasteiger partial charge on any atom is -0.508 e. The molecule has 0 radical (unpaired) electrons. The number of rotatable bonds is 7. The van der Waals surface area contributed by atoms with Crippen LogP contribution in [-0.2, 0) is 16.0 Å². The predicted octanol–water partition coefficient (Wildman–Crippen LogP) is 1.32. The number of terminal acetylenes is 1. The number of phenolic OH excluding ortho intramolecular Hbond substituents is 1. The Labute approximate surface area is 132 Å². The largest absolute Gasteiger partial charge is 0.508 e. The second-order valence-electron chi connectivity index (χ2n) is 4.31. The van der Waals surface area contributed by atoms with Gasteiger partial charge >= 0.3 is 6.09 Å². The zero-order valence-electron chi connectivity index (χ0n) is 12.2.